The van der Waals surface area contributed by atoms with Gasteiger partial charge in [-0.3, -0.25) is 0 Å². The van der Waals surface area contributed by atoms with Crippen LogP contribution in [-0.2, 0) is 0 Å². The maximum Gasteiger partial charge on any atom is 0.151 e. The first-order valence-electron chi connectivity index (χ1n) is 4.10. The smallest absolute Gasteiger partial charge is 0.151 e. The fourth-order valence-corrected chi connectivity index (χ4v) is 1.02. The number of allylic oxidation sites excluding steroid dienone is 3. The van der Waals surface area contributed by atoms with Crippen molar-refractivity contribution in [3.05, 3.63) is 37.2 Å². The van der Waals surface area contributed by atoms with Gasteiger partial charge in [-0.15, -0.1) is 0 Å². The third kappa shape index (κ3) is 7.44. The van der Waals surface area contributed by atoms with Crippen molar-refractivity contribution < 1.29 is 13.2 Å². The van der Waals surface area contributed by atoms with E-state index in [0.717, 1.165) is 0 Å². The first-order valence-corrected chi connectivity index (χ1v) is 4.10. The molecule has 0 aliphatic rings. The van der Waals surface area contributed by atoms with Crippen LogP contribution in [-0.4, -0.2) is 6.71 Å². The Bertz CT molecular complexity index is 154. The number of halogens is 3. The topological polar surface area (TPSA) is 0 Å². The summed E-state index contributed by atoms with van der Waals surface area (Å²) in [5.41, 5.74) is 0. The van der Waals surface area contributed by atoms with Gasteiger partial charge in [-0.25, -0.2) is 13.2 Å². The molecule has 0 aromatic carbocycles. The lowest BCUT2D eigenvalue weighted by Gasteiger charge is -2.03. The first kappa shape index (κ1) is 12.1. The fraction of sp³-hybridized carbons (Fsp3) is 0.333. The minimum atomic E-state index is 0.0611. The van der Waals surface area contributed by atoms with Gasteiger partial charge in [0.1, 0.15) is 0 Å². The molecule has 0 amide bonds. The number of rotatable bonds is 6. The molecule has 0 nitrogen and oxygen atoms in total. The minimum absolute atomic E-state index is 0.0611. The Kier molecular flexibility index (Phi) is 8.51. The van der Waals surface area contributed by atoms with Gasteiger partial charge in [-0.05, 0) is 0 Å². The van der Waals surface area contributed by atoms with Crippen molar-refractivity contribution in [2.45, 2.75) is 19.0 Å². The molecule has 0 aliphatic carbocycles. The molecule has 4 heteroatoms. The second-order valence-electron chi connectivity index (χ2n) is 2.66. The van der Waals surface area contributed by atoms with E-state index in [1.807, 2.05) is 0 Å². The lowest BCUT2D eigenvalue weighted by Crippen LogP contribution is -2.07. The largest absolute Gasteiger partial charge is 0.216 e. The van der Waals surface area contributed by atoms with Crippen LogP contribution < -0.4 is 0 Å². The van der Waals surface area contributed by atoms with E-state index in [-0.39, 0.29) is 6.71 Å². The van der Waals surface area contributed by atoms with E-state index in [2.05, 4.69) is 0 Å². The summed E-state index contributed by atoms with van der Waals surface area (Å²) in [7, 11) is 0. The molecule has 0 aromatic rings. The summed E-state index contributed by atoms with van der Waals surface area (Å²) >= 11 is 0. The van der Waals surface area contributed by atoms with Crippen LogP contribution in [0, 0.1) is 0 Å². The SMILES string of the molecule is FC=CCB(CC=CF)CC=CF. The predicted molar refractivity (Wildman–Crippen MR) is 50.9 cm³/mol. The summed E-state index contributed by atoms with van der Waals surface area (Å²) in [6, 6.07) is 0. The molecule has 0 aromatic heterocycles. The maximum atomic E-state index is 11.6. The van der Waals surface area contributed by atoms with Crippen LogP contribution in [0.3, 0.4) is 0 Å². The molecule has 0 atom stereocenters. The number of hydrogen-bond acceptors (Lipinski definition) is 0. The van der Waals surface area contributed by atoms with Crippen LogP contribution in [0.5, 0.6) is 0 Å². The molecule has 0 saturated heterocycles. The Labute approximate surface area is 76.9 Å². The lowest BCUT2D eigenvalue weighted by atomic mass is 9.43. The average molecular weight is 188 g/mol. The van der Waals surface area contributed by atoms with Crippen molar-refractivity contribution in [1.29, 1.82) is 0 Å². The fourth-order valence-electron chi connectivity index (χ4n) is 1.02. The van der Waals surface area contributed by atoms with E-state index in [1.54, 1.807) is 0 Å². The van der Waals surface area contributed by atoms with E-state index >= 15 is 0 Å². The van der Waals surface area contributed by atoms with Crippen LogP contribution in [0.15, 0.2) is 37.2 Å². The van der Waals surface area contributed by atoms with Gasteiger partial charge in [0.25, 0.3) is 0 Å². The summed E-state index contributed by atoms with van der Waals surface area (Å²) < 4.78 is 34.9. The summed E-state index contributed by atoms with van der Waals surface area (Å²) in [5.74, 6) is 0. The first-order chi connectivity index (χ1) is 6.35. The summed E-state index contributed by atoms with van der Waals surface area (Å²) in [6.45, 7) is 0.0611. The van der Waals surface area contributed by atoms with Gasteiger partial charge in [0.05, 0.1) is 19.0 Å². The van der Waals surface area contributed by atoms with Crippen molar-refractivity contribution in [2.75, 3.05) is 0 Å². The molecule has 0 N–H and O–H groups in total. The van der Waals surface area contributed by atoms with Gasteiger partial charge < -0.3 is 0 Å². The van der Waals surface area contributed by atoms with Crippen LogP contribution in [0.25, 0.3) is 0 Å². The molecular weight excluding hydrogens is 176 g/mol. The molecule has 0 bridgehead atoms. The van der Waals surface area contributed by atoms with Crippen LogP contribution in [0.4, 0.5) is 13.2 Å². The zero-order chi connectivity index (χ0) is 9.94. The average Bonchev–Trinajstić information content (AvgIpc) is 2.17. The van der Waals surface area contributed by atoms with Crippen molar-refractivity contribution >= 4 is 6.71 Å². The normalized spacial score (nSPS) is 12.2. The van der Waals surface area contributed by atoms with E-state index in [9.17, 15) is 13.2 Å². The highest BCUT2D eigenvalue weighted by Gasteiger charge is 2.07. The minimum Gasteiger partial charge on any atom is -0.216 e. The van der Waals surface area contributed by atoms with E-state index in [4.69, 9.17) is 0 Å². The second kappa shape index (κ2) is 9.17. The molecule has 0 rings (SSSR count). The monoisotopic (exact) mass is 188 g/mol. The second-order valence-corrected chi connectivity index (χ2v) is 2.66. The predicted octanol–water partition coefficient (Wildman–Crippen LogP) is 3.93. The Balaban J connectivity index is 3.86. The third-order valence-corrected chi connectivity index (χ3v) is 1.68. The summed E-state index contributed by atoms with van der Waals surface area (Å²) in [5, 5.41) is 0. The molecule has 0 heterocycles. The molecule has 0 unspecified atom stereocenters. The zero-order valence-electron chi connectivity index (χ0n) is 7.30. The molecule has 72 valence electrons. The van der Waals surface area contributed by atoms with Crippen LogP contribution >= 0.6 is 0 Å². The van der Waals surface area contributed by atoms with Crippen molar-refractivity contribution in [1.82, 2.24) is 0 Å². The lowest BCUT2D eigenvalue weighted by molar-refractivity contribution is 0.718. The van der Waals surface area contributed by atoms with Gasteiger partial charge in [0, 0.05) is 0 Å². The molecule has 0 fully saturated rings. The maximum absolute atomic E-state index is 11.6. The van der Waals surface area contributed by atoms with Crippen LogP contribution in [0.2, 0.25) is 19.0 Å². The van der Waals surface area contributed by atoms with E-state index in [1.165, 1.54) is 18.2 Å². The van der Waals surface area contributed by atoms with Crippen molar-refractivity contribution in [3.8, 4) is 0 Å². The molecule has 0 radical (unpaired) electrons. The van der Waals surface area contributed by atoms with Gasteiger partial charge in [0.15, 0.2) is 6.71 Å². The molecule has 0 spiro atoms. The highest BCUT2D eigenvalue weighted by Crippen LogP contribution is 2.09. The van der Waals surface area contributed by atoms with E-state index < -0.39 is 0 Å². The van der Waals surface area contributed by atoms with Gasteiger partial charge >= 0.3 is 0 Å². The zero-order valence-corrected chi connectivity index (χ0v) is 7.30. The van der Waals surface area contributed by atoms with Gasteiger partial charge in [0.2, 0.25) is 0 Å². The summed E-state index contributed by atoms with van der Waals surface area (Å²) in [6.07, 6.45) is 6.87. The molecular formula is C9H12BF3. The molecule has 13 heavy (non-hydrogen) atoms. The third-order valence-electron chi connectivity index (χ3n) is 1.68. The molecule has 0 aliphatic heterocycles. The summed E-state index contributed by atoms with van der Waals surface area (Å²) in [4.78, 5) is 0. The van der Waals surface area contributed by atoms with Crippen molar-refractivity contribution in [2.24, 2.45) is 0 Å². The van der Waals surface area contributed by atoms with Crippen molar-refractivity contribution in [3.63, 3.8) is 0 Å². The Morgan fingerprint density at radius 3 is 1.23 bits per heavy atom. The highest BCUT2D eigenvalue weighted by atomic mass is 19.1. The Hall–Kier alpha value is -0.925. The van der Waals surface area contributed by atoms with Crippen LogP contribution in [0.1, 0.15) is 0 Å². The number of hydrogen-bond donors (Lipinski definition) is 0. The standard InChI is InChI=1S/C9H12BF3/c11-7-1-4-10(5-2-8-12)6-3-9-13/h1-3,7-9H,4-6H2. The quantitative estimate of drug-likeness (QED) is 0.554. The Morgan fingerprint density at radius 1 is 0.692 bits per heavy atom. The van der Waals surface area contributed by atoms with Gasteiger partial charge in [-0.1, -0.05) is 37.2 Å². The van der Waals surface area contributed by atoms with Gasteiger partial charge in [-0.2, -0.15) is 0 Å². The highest BCUT2D eigenvalue weighted by molar-refractivity contribution is 6.60. The molecule has 0 saturated carbocycles. The van der Waals surface area contributed by atoms with E-state index in [0.29, 0.717) is 37.9 Å². The Morgan fingerprint density at radius 2 is 1.00 bits per heavy atom.